The van der Waals surface area contributed by atoms with E-state index in [2.05, 4.69) is 34.1 Å². The summed E-state index contributed by atoms with van der Waals surface area (Å²) in [6.45, 7) is 12.3. The lowest BCUT2D eigenvalue weighted by molar-refractivity contribution is 0.0240. The minimum absolute atomic E-state index is 0.196. The smallest absolute Gasteiger partial charge is 0.410 e. The van der Waals surface area contributed by atoms with Crippen LogP contribution in [0.15, 0.2) is 24.3 Å². The number of benzene rings is 1. The summed E-state index contributed by atoms with van der Waals surface area (Å²) < 4.78 is 5.50. The van der Waals surface area contributed by atoms with Crippen LogP contribution in [0.2, 0.25) is 0 Å². The van der Waals surface area contributed by atoms with Crippen LogP contribution < -0.4 is 4.90 Å². The molecule has 2 saturated heterocycles. The molecule has 3 rings (SSSR count). The first kappa shape index (κ1) is 19.0. The minimum atomic E-state index is -0.435. The number of nitrogens with zero attached hydrogens (tertiary/aromatic N) is 3. The molecule has 2 aliphatic rings. The van der Waals surface area contributed by atoms with Gasteiger partial charge in [0.25, 0.3) is 0 Å². The summed E-state index contributed by atoms with van der Waals surface area (Å²) >= 11 is 0. The number of carbonyl (C=O) groups excluding carboxylic acids is 1. The first-order valence-corrected chi connectivity index (χ1v) is 9.95. The maximum atomic E-state index is 12.3. The lowest BCUT2D eigenvalue weighted by atomic mass is 10.1. The normalized spacial score (nSPS) is 19.5. The second-order valence-electron chi connectivity index (χ2n) is 8.42. The maximum Gasteiger partial charge on any atom is 0.410 e. The molecule has 1 aromatic rings. The van der Waals surface area contributed by atoms with Crippen molar-refractivity contribution in [1.29, 1.82) is 0 Å². The predicted octanol–water partition coefficient (Wildman–Crippen LogP) is 3.73. The second kappa shape index (κ2) is 8.30. The molecule has 2 aliphatic heterocycles. The van der Waals surface area contributed by atoms with Crippen molar-refractivity contribution in [3.8, 4) is 0 Å². The zero-order chi connectivity index (χ0) is 18.6. The Kier molecular flexibility index (Phi) is 6.07. The van der Waals surface area contributed by atoms with Gasteiger partial charge < -0.3 is 14.5 Å². The van der Waals surface area contributed by atoms with Crippen molar-refractivity contribution in [3.63, 3.8) is 0 Å². The molecule has 1 aromatic carbocycles. The summed E-state index contributed by atoms with van der Waals surface area (Å²) in [6, 6.07) is 8.74. The van der Waals surface area contributed by atoms with Crippen molar-refractivity contribution in [2.24, 2.45) is 0 Å². The molecule has 144 valence electrons. The minimum Gasteiger partial charge on any atom is -0.444 e. The molecule has 0 aromatic heterocycles. The molecule has 5 heteroatoms. The van der Waals surface area contributed by atoms with Crippen molar-refractivity contribution in [2.75, 3.05) is 44.2 Å². The summed E-state index contributed by atoms with van der Waals surface area (Å²) in [5.41, 5.74) is 2.29. The standard InChI is InChI=1S/C21H33N3O2/c1-21(2,3)26-20(25)24-15-13-23(14-16-24)19-10-6-5-9-18(19)17-22-11-7-4-8-12-22/h5-6,9-10H,4,7-8,11-17H2,1-3H3. The number of anilines is 1. The monoisotopic (exact) mass is 359 g/mol. The summed E-state index contributed by atoms with van der Waals surface area (Å²) in [6.07, 6.45) is 3.80. The lowest BCUT2D eigenvalue weighted by Crippen LogP contribution is -2.50. The van der Waals surface area contributed by atoms with Gasteiger partial charge >= 0.3 is 6.09 Å². The third-order valence-corrected chi connectivity index (χ3v) is 5.11. The van der Waals surface area contributed by atoms with E-state index in [0.29, 0.717) is 13.1 Å². The van der Waals surface area contributed by atoms with Crippen molar-refractivity contribution in [2.45, 2.75) is 52.2 Å². The van der Waals surface area contributed by atoms with Gasteiger partial charge in [-0.2, -0.15) is 0 Å². The Hall–Kier alpha value is -1.75. The molecular weight excluding hydrogens is 326 g/mol. The molecule has 0 spiro atoms. The van der Waals surface area contributed by atoms with Gasteiger partial charge in [-0.15, -0.1) is 0 Å². The van der Waals surface area contributed by atoms with Gasteiger partial charge in [0.1, 0.15) is 5.60 Å². The van der Waals surface area contributed by atoms with Gasteiger partial charge in [0.05, 0.1) is 0 Å². The van der Waals surface area contributed by atoms with E-state index in [0.717, 1.165) is 19.6 Å². The van der Waals surface area contributed by atoms with Crippen LogP contribution >= 0.6 is 0 Å². The van der Waals surface area contributed by atoms with Gasteiger partial charge in [-0.25, -0.2) is 4.79 Å². The van der Waals surface area contributed by atoms with Crippen molar-refractivity contribution >= 4 is 11.8 Å². The first-order chi connectivity index (χ1) is 12.4. The fourth-order valence-electron chi connectivity index (χ4n) is 3.77. The van der Waals surface area contributed by atoms with Crippen LogP contribution in [0.4, 0.5) is 10.5 Å². The van der Waals surface area contributed by atoms with Crippen molar-refractivity contribution in [3.05, 3.63) is 29.8 Å². The number of para-hydroxylation sites is 1. The Morgan fingerprint density at radius 3 is 2.27 bits per heavy atom. The molecule has 0 atom stereocenters. The third-order valence-electron chi connectivity index (χ3n) is 5.11. The Bertz CT molecular complexity index is 598. The predicted molar refractivity (Wildman–Crippen MR) is 106 cm³/mol. The third kappa shape index (κ3) is 5.13. The van der Waals surface area contributed by atoms with E-state index in [-0.39, 0.29) is 6.09 Å². The highest BCUT2D eigenvalue weighted by Crippen LogP contribution is 2.25. The van der Waals surface area contributed by atoms with Gasteiger partial charge in [0, 0.05) is 38.4 Å². The van der Waals surface area contributed by atoms with Gasteiger partial charge in [-0.1, -0.05) is 24.6 Å². The van der Waals surface area contributed by atoms with Crippen LogP contribution in [-0.4, -0.2) is 60.8 Å². The molecule has 26 heavy (non-hydrogen) atoms. The Morgan fingerprint density at radius 1 is 0.962 bits per heavy atom. The summed E-state index contributed by atoms with van der Waals surface area (Å²) in [5.74, 6) is 0. The summed E-state index contributed by atoms with van der Waals surface area (Å²) in [5, 5.41) is 0. The molecular formula is C21H33N3O2. The topological polar surface area (TPSA) is 36.0 Å². The first-order valence-electron chi connectivity index (χ1n) is 9.95. The van der Waals surface area contributed by atoms with E-state index in [1.165, 1.54) is 43.6 Å². The zero-order valence-corrected chi connectivity index (χ0v) is 16.5. The van der Waals surface area contributed by atoms with E-state index in [9.17, 15) is 4.79 Å². The molecule has 1 amide bonds. The SMILES string of the molecule is CC(C)(C)OC(=O)N1CCN(c2ccccc2CN2CCCCC2)CC1. The average Bonchev–Trinajstić information content (AvgIpc) is 2.62. The molecule has 2 fully saturated rings. The van der Waals surface area contributed by atoms with Gasteiger partial charge in [0.2, 0.25) is 0 Å². The van der Waals surface area contributed by atoms with Gasteiger partial charge in [-0.3, -0.25) is 4.90 Å². The number of piperidine rings is 1. The van der Waals surface area contributed by atoms with E-state index < -0.39 is 5.60 Å². The summed E-state index contributed by atoms with van der Waals surface area (Å²) in [4.78, 5) is 19.1. The average molecular weight is 360 g/mol. The molecule has 0 radical (unpaired) electrons. The number of hydrogen-bond acceptors (Lipinski definition) is 4. The van der Waals surface area contributed by atoms with E-state index in [4.69, 9.17) is 4.74 Å². The zero-order valence-electron chi connectivity index (χ0n) is 16.5. The Labute approximate surface area is 157 Å². The van der Waals surface area contributed by atoms with Crippen LogP contribution in [0, 0.1) is 0 Å². The number of amides is 1. The van der Waals surface area contributed by atoms with E-state index >= 15 is 0 Å². The number of hydrogen-bond donors (Lipinski definition) is 0. The van der Waals surface area contributed by atoms with Crippen LogP contribution in [0.3, 0.4) is 0 Å². The number of carbonyl (C=O) groups is 1. The fourth-order valence-corrected chi connectivity index (χ4v) is 3.77. The largest absolute Gasteiger partial charge is 0.444 e. The van der Waals surface area contributed by atoms with Gasteiger partial charge in [-0.05, 0) is 58.3 Å². The molecule has 5 nitrogen and oxygen atoms in total. The van der Waals surface area contributed by atoms with Crippen molar-refractivity contribution in [1.82, 2.24) is 9.80 Å². The van der Waals surface area contributed by atoms with Crippen molar-refractivity contribution < 1.29 is 9.53 Å². The molecule has 0 unspecified atom stereocenters. The fraction of sp³-hybridized carbons (Fsp3) is 0.667. The number of likely N-dealkylation sites (tertiary alicyclic amines) is 1. The van der Waals surface area contributed by atoms with E-state index in [1.807, 2.05) is 25.7 Å². The van der Waals surface area contributed by atoms with Crippen LogP contribution in [0.5, 0.6) is 0 Å². The lowest BCUT2D eigenvalue weighted by Gasteiger charge is -2.38. The highest BCUT2D eigenvalue weighted by Gasteiger charge is 2.26. The van der Waals surface area contributed by atoms with Crippen LogP contribution in [0.25, 0.3) is 0 Å². The molecule has 0 aliphatic carbocycles. The quantitative estimate of drug-likeness (QED) is 0.824. The highest BCUT2D eigenvalue weighted by atomic mass is 16.6. The summed E-state index contributed by atoms with van der Waals surface area (Å²) in [7, 11) is 0. The molecule has 2 heterocycles. The number of rotatable bonds is 3. The highest BCUT2D eigenvalue weighted by molar-refractivity contribution is 5.68. The van der Waals surface area contributed by atoms with Gasteiger partial charge in [0.15, 0.2) is 0 Å². The number of ether oxygens (including phenoxy) is 1. The Balaban J connectivity index is 1.60. The van der Waals surface area contributed by atoms with Crippen LogP contribution in [0.1, 0.15) is 45.6 Å². The number of piperazine rings is 1. The second-order valence-corrected chi connectivity index (χ2v) is 8.42. The van der Waals surface area contributed by atoms with Crippen LogP contribution in [-0.2, 0) is 11.3 Å². The molecule has 0 saturated carbocycles. The maximum absolute atomic E-state index is 12.3. The molecule has 0 bridgehead atoms. The Morgan fingerprint density at radius 2 is 1.62 bits per heavy atom. The molecule has 0 N–H and O–H groups in total. The van der Waals surface area contributed by atoms with E-state index in [1.54, 1.807) is 0 Å².